The van der Waals surface area contributed by atoms with Gasteiger partial charge in [-0.2, -0.15) is 5.10 Å². The number of aromatic hydroxyl groups is 1. The summed E-state index contributed by atoms with van der Waals surface area (Å²) in [5.41, 5.74) is 5.57. The van der Waals surface area contributed by atoms with Gasteiger partial charge < -0.3 is 19.3 Å². The van der Waals surface area contributed by atoms with Gasteiger partial charge in [-0.25, -0.2) is 0 Å². The number of ether oxygens (including phenoxy) is 1. The maximum atomic E-state index is 14.8. The highest BCUT2D eigenvalue weighted by Gasteiger charge is 2.34. The Balaban J connectivity index is 1.27. The van der Waals surface area contributed by atoms with Gasteiger partial charge >= 0.3 is 0 Å². The number of anilines is 2. The molecule has 1 atom stereocenters. The van der Waals surface area contributed by atoms with E-state index in [9.17, 15) is 14.7 Å². The van der Waals surface area contributed by atoms with Gasteiger partial charge in [-0.3, -0.25) is 24.1 Å². The van der Waals surface area contributed by atoms with Crippen LogP contribution in [-0.2, 0) is 31.7 Å². The number of phenolic OH excluding ortho intramolecular Hbond substituents is 1. The van der Waals surface area contributed by atoms with Gasteiger partial charge in [0.05, 0.1) is 30.7 Å². The Morgan fingerprint density at radius 1 is 1.02 bits per heavy atom. The number of phenols is 1. The monoisotopic (exact) mass is 681 g/mol. The predicted octanol–water partition coefficient (Wildman–Crippen LogP) is 5.97. The summed E-state index contributed by atoms with van der Waals surface area (Å²) in [4.78, 5) is 35.0. The number of aryl methyl sites for hydroxylation is 1. The number of aromatic nitrogens is 3. The summed E-state index contributed by atoms with van der Waals surface area (Å²) in [5, 5.41) is 14.4. The highest BCUT2D eigenvalue weighted by atomic mass is 35.5. The van der Waals surface area contributed by atoms with Crippen LogP contribution in [0.4, 0.5) is 11.4 Å². The van der Waals surface area contributed by atoms with Gasteiger partial charge in [-0.15, -0.1) is 0 Å². The van der Waals surface area contributed by atoms with Crippen LogP contribution in [0.15, 0.2) is 85.2 Å². The first-order valence-corrected chi connectivity index (χ1v) is 16.6. The fraction of sp³-hybridized carbons (Fsp3) is 0.289. The molecule has 2 aromatic heterocycles. The summed E-state index contributed by atoms with van der Waals surface area (Å²) >= 11 is 6.60. The zero-order valence-corrected chi connectivity index (χ0v) is 28.1. The van der Waals surface area contributed by atoms with Crippen molar-refractivity contribution in [3.8, 4) is 17.0 Å². The van der Waals surface area contributed by atoms with Gasteiger partial charge in [0.1, 0.15) is 5.75 Å². The lowest BCUT2D eigenvalue weighted by atomic mass is 9.92. The van der Waals surface area contributed by atoms with Crippen LogP contribution in [0.2, 0.25) is 5.02 Å². The van der Waals surface area contributed by atoms with Crippen molar-refractivity contribution in [3.05, 3.63) is 118 Å². The second-order valence-corrected chi connectivity index (χ2v) is 13.0. The van der Waals surface area contributed by atoms with Crippen LogP contribution in [0.1, 0.15) is 41.6 Å². The first-order chi connectivity index (χ1) is 24.9. The summed E-state index contributed by atoms with van der Waals surface area (Å²) in [7, 11) is 1.83. The lowest BCUT2D eigenvalue weighted by Gasteiger charge is -2.40. The minimum atomic E-state index is -2.55. The maximum Gasteiger partial charge on any atom is 0.264 e. The van der Waals surface area contributed by atoms with Crippen LogP contribution in [0.5, 0.6) is 5.75 Å². The molecule has 11 heteroatoms. The number of benzene rings is 3. The number of morpholine rings is 1. The molecule has 4 heterocycles. The Morgan fingerprint density at radius 2 is 1.78 bits per heavy atom. The summed E-state index contributed by atoms with van der Waals surface area (Å²) in [6.45, 7) is 3.40. The van der Waals surface area contributed by atoms with Crippen molar-refractivity contribution in [2.75, 3.05) is 37.7 Å². The molecule has 7 rings (SSSR count). The lowest BCUT2D eigenvalue weighted by Crippen LogP contribution is -2.52. The second kappa shape index (κ2) is 13.5. The molecule has 1 N–H and O–H groups in total. The molecule has 2 aliphatic heterocycles. The molecule has 0 unspecified atom stereocenters. The molecule has 1 fully saturated rings. The van der Waals surface area contributed by atoms with Gasteiger partial charge in [0.25, 0.3) is 11.8 Å². The van der Waals surface area contributed by atoms with E-state index in [1.54, 1.807) is 36.4 Å². The van der Waals surface area contributed by atoms with Crippen molar-refractivity contribution < 1.29 is 23.5 Å². The highest BCUT2D eigenvalue weighted by Crippen LogP contribution is 2.36. The molecule has 0 radical (unpaired) electrons. The molecular weight excluding hydrogens is 640 g/mol. The van der Waals surface area contributed by atoms with E-state index in [0.717, 1.165) is 36.3 Å². The normalized spacial score (nSPS) is 17.6. The van der Waals surface area contributed by atoms with E-state index in [4.69, 9.17) is 20.5 Å². The average Bonchev–Trinajstić information content (AvgIpc) is 3.74. The van der Waals surface area contributed by atoms with Crippen molar-refractivity contribution in [3.63, 3.8) is 0 Å². The van der Waals surface area contributed by atoms with Crippen LogP contribution < -0.4 is 4.90 Å². The van der Waals surface area contributed by atoms with Crippen molar-refractivity contribution in [1.29, 1.82) is 0 Å². The van der Waals surface area contributed by atoms with E-state index in [1.165, 1.54) is 35.0 Å². The molecule has 10 nitrogen and oxygen atoms in total. The fourth-order valence-corrected chi connectivity index (χ4v) is 7.02. The predicted molar refractivity (Wildman–Crippen MR) is 189 cm³/mol. The number of amides is 2. The smallest absolute Gasteiger partial charge is 0.264 e. The molecule has 252 valence electrons. The zero-order valence-electron chi connectivity index (χ0n) is 30.3. The van der Waals surface area contributed by atoms with Crippen LogP contribution in [0.3, 0.4) is 0 Å². The molecule has 3 aromatic carbocycles. The van der Waals surface area contributed by atoms with E-state index in [1.807, 2.05) is 35.6 Å². The SMILES string of the molecule is [2H]C([2H])([2H])n1cc(N(C(=O)c2cc(-c3cc(Cl)ccc3C(=O)N3Cc4ccccc4C[C@H]3CN3CCOCC3)n(C)c2C)c2ccc(O)cc2)cn1. The number of halogens is 1. The van der Waals surface area contributed by atoms with Gasteiger partial charge in [0.2, 0.25) is 0 Å². The second-order valence-electron chi connectivity index (χ2n) is 12.6. The van der Waals surface area contributed by atoms with Gasteiger partial charge in [-0.1, -0.05) is 35.9 Å². The molecule has 2 amide bonds. The zero-order chi connectivity index (χ0) is 36.7. The van der Waals surface area contributed by atoms with E-state index < -0.39 is 12.9 Å². The Bertz CT molecular complexity index is 2120. The standard InChI is InChI=1S/C38H39ClN6O4/c1-25-34(38(48)45(31-21-40-41(2)23-31)29-9-11-32(46)12-10-29)20-36(42(25)3)35-19-28(39)8-13-33(35)37(47)44-22-27-7-5-4-6-26(27)18-30(44)24-43-14-16-49-17-15-43/h4-13,19-21,23,30,46H,14-18,22,24H2,1-3H3/t30-/m0/s1/i2D3. The van der Waals surface area contributed by atoms with Crippen molar-refractivity contribution in [1.82, 2.24) is 24.1 Å². The molecule has 0 bridgehead atoms. The summed E-state index contributed by atoms with van der Waals surface area (Å²) in [6, 6.07) is 21.2. The summed E-state index contributed by atoms with van der Waals surface area (Å²) in [6.07, 6.45) is 3.33. The van der Waals surface area contributed by atoms with E-state index in [0.29, 0.717) is 58.5 Å². The highest BCUT2D eigenvalue weighted by molar-refractivity contribution is 6.31. The Morgan fingerprint density at radius 3 is 2.51 bits per heavy atom. The van der Waals surface area contributed by atoms with E-state index >= 15 is 0 Å². The molecule has 2 aliphatic rings. The number of carbonyl (C=O) groups excluding carboxylic acids is 2. The Labute approximate surface area is 294 Å². The Hall–Kier alpha value is -4.90. The van der Waals surface area contributed by atoms with E-state index in [-0.39, 0.29) is 23.4 Å². The number of fused-ring (bicyclic) bond motifs is 1. The third kappa shape index (κ3) is 6.47. The van der Waals surface area contributed by atoms with Gasteiger partial charge in [0, 0.05) is 89.8 Å². The first kappa shape index (κ1) is 29.1. The van der Waals surface area contributed by atoms with Crippen molar-refractivity contribution in [2.45, 2.75) is 25.9 Å². The third-order valence-electron chi connectivity index (χ3n) is 9.58. The number of carbonyl (C=O) groups is 2. The quantitative estimate of drug-likeness (QED) is 0.228. The van der Waals surface area contributed by atoms with Crippen LogP contribution in [0, 0.1) is 6.92 Å². The lowest BCUT2D eigenvalue weighted by molar-refractivity contribution is 0.0193. The molecule has 0 spiro atoms. The topological polar surface area (TPSA) is 96.1 Å². The number of rotatable bonds is 7. The number of nitrogens with zero attached hydrogens (tertiary/aromatic N) is 6. The summed E-state index contributed by atoms with van der Waals surface area (Å²) < 4.78 is 31.7. The van der Waals surface area contributed by atoms with Crippen molar-refractivity contribution >= 4 is 34.8 Å². The average molecular weight is 682 g/mol. The molecule has 1 saturated heterocycles. The minimum absolute atomic E-state index is 0.00930. The van der Waals surface area contributed by atoms with Gasteiger partial charge in [-0.05, 0) is 73.0 Å². The number of hydrogen-bond donors (Lipinski definition) is 1. The summed E-state index contributed by atoms with van der Waals surface area (Å²) in [5.74, 6) is -0.577. The number of hydrogen-bond acceptors (Lipinski definition) is 6. The van der Waals surface area contributed by atoms with E-state index in [2.05, 4.69) is 22.1 Å². The van der Waals surface area contributed by atoms with Crippen LogP contribution >= 0.6 is 11.6 Å². The van der Waals surface area contributed by atoms with Crippen LogP contribution in [-0.4, -0.2) is 80.0 Å². The molecule has 0 saturated carbocycles. The molecule has 49 heavy (non-hydrogen) atoms. The van der Waals surface area contributed by atoms with Crippen molar-refractivity contribution in [2.24, 2.45) is 14.0 Å². The maximum absolute atomic E-state index is 14.8. The fourth-order valence-electron chi connectivity index (χ4n) is 6.85. The van der Waals surface area contributed by atoms with Crippen LogP contribution in [0.25, 0.3) is 11.3 Å². The largest absolute Gasteiger partial charge is 0.508 e. The minimum Gasteiger partial charge on any atom is -0.508 e. The molecular formula is C38H39ClN6O4. The molecule has 0 aliphatic carbocycles. The third-order valence-corrected chi connectivity index (χ3v) is 9.82. The van der Waals surface area contributed by atoms with Gasteiger partial charge in [0.15, 0.2) is 0 Å². The molecule has 5 aromatic rings. The Kier molecular flexibility index (Phi) is 8.03. The first-order valence-electron chi connectivity index (χ1n) is 17.7.